The van der Waals surface area contributed by atoms with E-state index < -0.39 is 22.4 Å². The van der Waals surface area contributed by atoms with Gasteiger partial charge in [0.05, 0.1) is 11.5 Å². The average molecular weight is 287 g/mol. The molecule has 1 saturated carbocycles. The Hall–Kier alpha value is -0.980. The fourth-order valence-electron chi connectivity index (χ4n) is 2.31. The summed E-state index contributed by atoms with van der Waals surface area (Å²) in [5.41, 5.74) is -0.367. The van der Waals surface area contributed by atoms with E-state index in [1.807, 2.05) is 6.92 Å². The molecule has 0 spiro atoms. The molecule has 1 aliphatic carbocycles. The summed E-state index contributed by atoms with van der Waals surface area (Å²) in [6.45, 7) is 1.43. The van der Waals surface area contributed by atoms with Gasteiger partial charge in [-0.05, 0) is 43.9 Å². The summed E-state index contributed by atoms with van der Waals surface area (Å²) < 4.78 is 40.5. The third-order valence-electron chi connectivity index (χ3n) is 3.84. The van der Waals surface area contributed by atoms with Gasteiger partial charge in [0.25, 0.3) is 0 Å². The summed E-state index contributed by atoms with van der Waals surface area (Å²) in [6.07, 6.45) is 3.41. The Morgan fingerprint density at radius 2 is 2.11 bits per heavy atom. The maximum atomic E-state index is 13.3. The van der Waals surface area contributed by atoms with Gasteiger partial charge in [-0.1, -0.05) is 6.92 Å². The predicted molar refractivity (Wildman–Crippen MR) is 69.5 cm³/mol. The summed E-state index contributed by atoms with van der Waals surface area (Å²) >= 11 is 0. The van der Waals surface area contributed by atoms with Crippen molar-refractivity contribution in [3.63, 3.8) is 0 Å². The lowest BCUT2D eigenvalue weighted by Crippen LogP contribution is -2.52. The molecule has 0 atom stereocenters. The number of aliphatic hydroxyl groups is 1. The molecule has 0 radical (unpaired) electrons. The van der Waals surface area contributed by atoms with Crippen LogP contribution in [0.2, 0.25) is 0 Å². The first-order chi connectivity index (χ1) is 8.92. The fraction of sp³-hybridized carbons (Fsp3) is 0.538. The van der Waals surface area contributed by atoms with Gasteiger partial charge >= 0.3 is 0 Å². The van der Waals surface area contributed by atoms with Crippen molar-refractivity contribution >= 4 is 10.0 Å². The molecule has 0 aliphatic heterocycles. The Morgan fingerprint density at radius 3 is 2.58 bits per heavy atom. The van der Waals surface area contributed by atoms with E-state index in [9.17, 15) is 12.8 Å². The van der Waals surface area contributed by atoms with Crippen LogP contribution < -0.4 is 4.72 Å². The summed E-state index contributed by atoms with van der Waals surface area (Å²) in [6, 6.07) is 3.47. The Morgan fingerprint density at radius 1 is 1.42 bits per heavy atom. The second-order valence-electron chi connectivity index (χ2n) is 5.00. The molecular formula is C13H18FNO3S. The van der Waals surface area contributed by atoms with Gasteiger partial charge in [0.1, 0.15) is 5.82 Å². The summed E-state index contributed by atoms with van der Waals surface area (Å²) in [4.78, 5) is -0.00215. The first kappa shape index (κ1) is 14.4. The van der Waals surface area contributed by atoms with Gasteiger partial charge in [-0.3, -0.25) is 0 Å². The van der Waals surface area contributed by atoms with Crippen molar-refractivity contribution in [3.05, 3.63) is 29.6 Å². The van der Waals surface area contributed by atoms with Gasteiger partial charge in [0.2, 0.25) is 10.0 Å². The molecule has 1 aliphatic rings. The van der Waals surface area contributed by atoms with Crippen LogP contribution in [-0.2, 0) is 16.6 Å². The van der Waals surface area contributed by atoms with Crippen molar-refractivity contribution in [3.8, 4) is 0 Å². The molecule has 0 unspecified atom stereocenters. The van der Waals surface area contributed by atoms with Crippen LogP contribution in [0.25, 0.3) is 0 Å². The Kier molecular flexibility index (Phi) is 3.94. The SMILES string of the molecule is CCC1(NS(=O)(=O)c2ccc(F)c(CO)c2)CCC1. The molecule has 0 heterocycles. The molecule has 1 fully saturated rings. The highest BCUT2D eigenvalue weighted by atomic mass is 32.2. The molecule has 0 amide bonds. The predicted octanol–water partition coefficient (Wildman–Crippen LogP) is 1.93. The zero-order valence-corrected chi connectivity index (χ0v) is 11.6. The van der Waals surface area contributed by atoms with Crippen LogP contribution in [0.15, 0.2) is 23.1 Å². The number of hydrogen-bond donors (Lipinski definition) is 2. The lowest BCUT2D eigenvalue weighted by molar-refractivity contribution is 0.214. The van der Waals surface area contributed by atoms with E-state index in [1.165, 1.54) is 12.1 Å². The number of hydrogen-bond acceptors (Lipinski definition) is 3. The van der Waals surface area contributed by atoms with Crippen molar-refractivity contribution < 1.29 is 17.9 Å². The van der Waals surface area contributed by atoms with E-state index in [-0.39, 0.29) is 16.0 Å². The Bertz CT molecular complexity index is 562. The highest BCUT2D eigenvalue weighted by Gasteiger charge is 2.39. The number of halogens is 1. The minimum atomic E-state index is -3.67. The summed E-state index contributed by atoms with van der Waals surface area (Å²) in [5, 5.41) is 8.99. The lowest BCUT2D eigenvalue weighted by atomic mass is 9.76. The molecule has 1 aromatic carbocycles. The number of sulfonamides is 1. The highest BCUT2D eigenvalue weighted by molar-refractivity contribution is 7.89. The maximum absolute atomic E-state index is 13.3. The molecule has 106 valence electrons. The van der Waals surface area contributed by atoms with Crippen LogP contribution in [0.5, 0.6) is 0 Å². The molecule has 19 heavy (non-hydrogen) atoms. The molecule has 2 N–H and O–H groups in total. The molecule has 4 nitrogen and oxygen atoms in total. The smallest absolute Gasteiger partial charge is 0.241 e. The third-order valence-corrected chi connectivity index (χ3v) is 5.41. The topological polar surface area (TPSA) is 66.4 Å². The molecule has 0 aromatic heterocycles. The quantitative estimate of drug-likeness (QED) is 0.869. The molecule has 1 aromatic rings. The summed E-state index contributed by atoms with van der Waals surface area (Å²) in [7, 11) is -3.67. The van der Waals surface area contributed by atoms with Gasteiger partial charge in [-0.15, -0.1) is 0 Å². The van der Waals surface area contributed by atoms with E-state index in [1.54, 1.807) is 0 Å². The molecular weight excluding hydrogens is 269 g/mol. The number of benzene rings is 1. The van der Waals surface area contributed by atoms with E-state index in [4.69, 9.17) is 5.11 Å². The zero-order valence-electron chi connectivity index (χ0n) is 10.8. The second-order valence-corrected chi connectivity index (χ2v) is 6.69. The minimum absolute atomic E-state index is 0.00215. The minimum Gasteiger partial charge on any atom is -0.392 e. The number of aliphatic hydroxyl groups excluding tert-OH is 1. The van der Waals surface area contributed by atoms with Gasteiger partial charge in [-0.25, -0.2) is 17.5 Å². The normalized spacial score (nSPS) is 18.1. The zero-order chi connectivity index (χ0) is 14.1. The van der Waals surface area contributed by atoms with Crippen molar-refractivity contribution in [1.29, 1.82) is 0 Å². The van der Waals surface area contributed by atoms with Gasteiger partial charge < -0.3 is 5.11 Å². The lowest BCUT2D eigenvalue weighted by Gasteiger charge is -2.41. The van der Waals surface area contributed by atoms with Crippen molar-refractivity contribution in [2.24, 2.45) is 0 Å². The molecule has 6 heteroatoms. The summed E-state index contributed by atoms with van der Waals surface area (Å²) in [5.74, 6) is -0.602. The average Bonchev–Trinajstić information content (AvgIpc) is 2.34. The van der Waals surface area contributed by atoms with E-state index in [0.29, 0.717) is 0 Å². The molecule has 0 bridgehead atoms. The fourth-order valence-corrected chi connectivity index (χ4v) is 3.90. The van der Waals surface area contributed by atoms with Crippen LogP contribution >= 0.6 is 0 Å². The largest absolute Gasteiger partial charge is 0.392 e. The Balaban J connectivity index is 2.29. The van der Waals surface area contributed by atoms with Crippen LogP contribution in [0, 0.1) is 5.82 Å². The number of nitrogens with one attached hydrogen (secondary N) is 1. The van der Waals surface area contributed by atoms with Crippen molar-refractivity contribution in [2.45, 2.75) is 49.6 Å². The van der Waals surface area contributed by atoms with Crippen LogP contribution in [-0.4, -0.2) is 19.1 Å². The van der Waals surface area contributed by atoms with Gasteiger partial charge in [0.15, 0.2) is 0 Å². The molecule has 2 rings (SSSR count). The third kappa shape index (κ3) is 2.80. The highest BCUT2D eigenvalue weighted by Crippen LogP contribution is 2.36. The van der Waals surface area contributed by atoms with Crippen molar-refractivity contribution in [2.75, 3.05) is 0 Å². The molecule has 0 saturated heterocycles. The second kappa shape index (κ2) is 5.19. The standard InChI is InChI=1S/C13H18FNO3S/c1-2-13(6-3-7-13)15-19(17,18)11-4-5-12(14)10(8-11)9-16/h4-5,8,15-16H,2-3,6-7,9H2,1H3. The van der Waals surface area contributed by atoms with E-state index >= 15 is 0 Å². The van der Waals surface area contributed by atoms with Crippen LogP contribution in [0.1, 0.15) is 38.2 Å². The van der Waals surface area contributed by atoms with Crippen LogP contribution in [0.3, 0.4) is 0 Å². The Labute approximate surface area is 112 Å². The number of rotatable bonds is 5. The van der Waals surface area contributed by atoms with E-state index in [0.717, 1.165) is 31.7 Å². The first-order valence-corrected chi connectivity index (χ1v) is 7.84. The van der Waals surface area contributed by atoms with Crippen LogP contribution in [0.4, 0.5) is 4.39 Å². The van der Waals surface area contributed by atoms with E-state index in [2.05, 4.69) is 4.72 Å². The maximum Gasteiger partial charge on any atom is 0.241 e. The van der Waals surface area contributed by atoms with Gasteiger partial charge in [-0.2, -0.15) is 0 Å². The monoisotopic (exact) mass is 287 g/mol. The first-order valence-electron chi connectivity index (χ1n) is 6.36. The van der Waals surface area contributed by atoms with Crippen molar-refractivity contribution in [1.82, 2.24) is 4.72 Å². The van der Waals surface area contributed by atoms with Gasteiger partial charge in [0, 0.05) is 11.1 Å².